The maximum atomic E-state index is 12.5. The van der Waals surface area contributed by atoms with Crippen molar-refractivity contribution in [1.29, 1.82) is 0 Å². The summed E-state index contributed by atoms with van der Waals surface area (Å²) in [6, 6.07) is 3.95. The summed E-state index contributed by atoms with van der Waals surface area (Å²) in [4.78, 5) is 16.6. The molecule has 2 aromatic heterocycles. The van der Waals surface area contributed by atoms with Gasteiger partial charge in [0.2, 0.25) is 0 Å². The van der Waals surface area contributed by atoms with Gasteiger partial charge in [0, 0.05) is 29.5 Å². The second kappa shape index (κ2) is 4.85. The van der Waals surface area contributed by atoms with E-state index in [1.54, 1.807) is 22.5 Å². The molecule has 4 aliphatic rings. The summed E-state index contributed by atoms with van der Waals surface area (Å²) in [7, 11) is 0. The monoisotopic (exact) mass is 330 g/mol. The van der Waals surface area contributed by atoms with Gasteiger partial charge in [0.15, 0.2) is 0 Å². The number of thiophene rings is 1. The van der Waals surface area contributed by atoms with E-state index in [4.69, 9.17) is 9.15 Å². The van der Waals surface area contributed by atoms with Crippen molar-refractivity contribution in [2.45, 2.75) is 18.4 Å². The van der Waals surface area contributed by atoms with E-state index in [1.165, 1.54) is 0 Å². The Kier molecular flexibility index (Phi) is 2.87. The zero-order valence-electron chi connectivity index (χ0n) is 12.7. The van der Waals surface area contributed by atoms with Crippen molar-refractivity contribution in [2.75, 3.05) is 31.1 Å². The predicted molar refractivity (Wildman–Crippen MR) is 87.7 cm³/mol. The number of fused-ring (bicyclic) bond motifs is 2. The molecule has 6 heterocycles. The molecule has 6 rings (SSSR count). The second-order valence-corrected chi connectivity index (χ2v) is 7.53. The third-order valence-electron chi connectivity index (χ3n) is 5.46. The molecule has 0 saturated carbocycles. The minimum absolute atomic E-state index is 0.239. The summed E-state index contributed by atoms with van der Waals surface area (Å²) in [5, 5.41) is 4.06. The molecule has 4 saturated heterocycles. The van der Waals surface area contributed by atoms with Crippen LogP contribution in [0.4, 0.5) is 10.5 Å². The van der Waals surface area contributed by atoms with Gasteiger partial charge in [0.1, 0.15) is 17.6 Å². The Morgan fingerprint density at radius 1 is 1.26 bits per heavy atom. The van der Waals surface area contributed by atoms with Gasteiger partial charge >= 0.3 is 6.09 Å². The maximum Gasteiger partial charge on any atom is 0.415 e. The minimum Gasteiger partial charge on any atom is -0.462 e. The van der Waals surface area contributed by atoms with Gasteiger partial charge in [0.05, 0.1) is 12.2 Å². The van der Waals surface area contributed by atoms with Crippen LogP contribution in [0.5, 0.6) is 0 Å². The van der Waals surface area contributed by atoms with Gasteiger partial charge in [-0.2, -0.15) is 11.3 Å². The van der Waals surface area contributed by atoms with Crippen molar-refractivity contribution in [3.8, 4) is 11.3 Å². The quantitative estimate of drug-likeness (QED) is 0.846. The van der Waals surface area contributed by atoms with Gasteiger partial charge in [-0.15, -0.1) is 0 Å². The molecule has 1 unspecified atom stereocenters. The van der Waals surface area contributed by atoms with Crippen LogP contribution in [0.25, 0.3) is 11.3 Å². The predicted octanol–water partition coefficient (Wildman–Crippen LogP) is 3.43. The summed E-state index contributed by atoms with van der Waals surface area (Å²) in [6.07, 6.45) is 3.69. The van der Waals surface area contributed by atoms with Crippen LogP contribution in [0, 0.1) is 5.92 Å². The highest BCUT2D eigenvalue weighted by Crippen LogP contribution is 2.43. The summed E-state index contributed by atoms with van der Waals surface area (Å²) in [5.74, 6) is 1.29. The van der Waals surface area contributed by atoms with Crippen molar-refractivity contribution in [3.63, 3.8) is 0 Å². The van der Waals surface area contributed by atoms with Gasteiger partial charge < -0.3 is 9.15 Å². The first kappa shape index (κ1) is 13.6. The first-order chi connectivity index (χ1) is 11.2. The van der Waals surface area contributed by atoms with Crippen molar-refractivity contribution in [2.24, 2.45) is 5.92 Å². The van der Waals surface area contributed by atoms with Crippen LogP contribution in [-0.2, 0) is 4.74 Å². The van der Waals surface area contributed by atoms with E-state index in [0.717, 1.165) is 49.5 Å². The molecule has 1 atom stereocenters. The van der Waals surface area contributed by atoms with Crippen LogP contribution >= 0.6 is 11.3 Å². The highest BCUT2D eigenvalue weighted by atomic mass is 32.1. The second-order valence-electron chi connectivity index (χ2n) is 6.75. The van der Waals surface area contributed by atoms with Crippen LogP contribution in [0.2, 0.25) is 0 Å². The number of nitrogens with zero attached hydrogens (tertiary/aromatic N) is 2. The molecule has 2 bridgehead atoms. The number of hydrogen-bond acceptors (Lipinski definition) is 5. The number of piperidine rings is 3. The molecule has 0 N–H and O–H groups in total. The third-order valence-corrected chi connectivity index (χ3v) is 6.15. The number of amides is 1. The number of hydrogen-bond donors (Lipinski definition) is 0. The SMILES string of the molecule is O=C1OC2(CN3CCC2CC3)CN1c1coc(-c2ccsc2)c1. The molecule has 4 fully saturated rings. The van der Waals surface area contributed by atoms with Gasteiger partial charge in [-0.3, -0.25) is 9.80 Å². The summed E-state index contributed by atoms with van der Waals surface area (Å²) in [6.45, 7) is 3.78. The fourth-order valence-corrected chi connectivity index (χ4v) is 4.88. The molecule has 1 amide bonds. The van der Waals surface area contributed by atoms with Crippen LogP contribution in [0.3, 0.4) is 0 Å². The summed E-state index contributed by atoms with van der Waals surface area (Å²) < 4.78 is 11.6. The fraction of sp³-hybridized carbons (Fsp3) is 0.471. The topological polar surface area (TPSA) is 45.9 Å². The summed E-state index contributed by atoms with van der Waals surface area (Å²) >= 11 is 1.63. The third kappa shape index (κ3) is 2.05. The molecule has 23 heavy (non-hydrogen) atoms. The molecular weight excluding hydrogens is 312 g/mol. The maximum absolute atomic E-state index is 12.5. The van der Waals surface area contributed by atoms with E-state index in [1.807, 2.05) is 22.9 Å². The lowest BCUT2D eigenvalue weighted by atomic mass is 9.75. The Labute approximate surface area is 138 Å². The average Bonchev–Trinajstić information content (AvgIpc) is 3.28. The molecular formula is C17H18N2O3S. The van der Waals surface area contributed by atoms with Gasteiger partial charge in [-0.25, -0.2) is 4.79 Å². The molecule has 4 aliphatic heterocycles. The Hall–Kier alpha value is -1.79. The first-order valence-electron chi connectivity index (χ1n) is 8.07. The Morgan fingerprint density at radius 2 is 2.13 bits per heavy atom. The molecule has 0 aliphatic carbocycles. The fourth-order valence-electron chi connectivity index (χ4n) is 4.23. The number of carbonyl (C=O) groups is 1. The molecule has 120 valence electrons. The number of carbonyl (C=O) groups excluding carboxylic acids is 1. The Bertz CT molecular complexity index is 733. The van der Waals surface area contributed by atoms with Crippen molar-refractivity contribution in [3.05, 3.63) is 29.2 Å². The van der Waals surface area contributed by atoms with Crippen LogP contribution in [0.1, 0.15) is 12.8 Å². The van der Waals surface area contributed by atoms with E-state index >= 15 is 0 Å². The van der Waals surface area contributed by atoms with Crippen LogP contribution in [0.15, 0.2) is 33.6 Å². The number of anilines is 1. The average molecular weight is 330 g/mol. The highest BCUT2D eigenvalue weighted by Gasteiger charge is 2.55. The number of ether oxygens (including phenoxy) is 1. The van der Waals surface area contributed by atoms with Crippen molar-refractivity contribution in [1.82, 2.24) is 4.90 Å². The van der Waals surface area contributed by atoms with Crippen LogP contribution < -0.4 is 4.90 Å². The summed E-state index contributed by atoms with van der Waals surface area (Å²) in [5.41, 5.74) is 1.52. The standard InChI is InChI=1S/C17H18N2O3S/c20-16-19(14-7-15(21-8-14)12-3-6-23-9-12)11-17(22-16)10-18-4-1-13(17)2-5-18/h3,6-9,13H,1-2,4-5,10-11H2. The first-order valence-corrected chi connectivity index (χ1v) is 9.02. The molecule has 0 radical (unpaired) electrons. The Morgan fingerprint density at radius 3 is 2.83 bits per heavy atom. The molecule has 5 nitrogen and oxygen atoms in total. The number of rotatable bonds is 2. The van der Waals surface area contributed by atoms with Gasteiger partial charge in [0.25, 0.3) is 0 Å². The molecule has 1 spiro atoms. The van der Waals surface area contributed by atoms with Crippen molar-refractivity contribution >= 4 is 23.1 Å². The molecule has 2 aromatic rings. The van der Waals surface area contributed by atoms with Crippen LogP contribution in [-0.4, -0.2) is 42.8 Å². The molecule has 0 aromatic carbocycles. The van der Waals surface area contributed by atoms with E-state index in [2.05, 4.69) is 4.90 Å². The smallest absolute Gasteiger partial charge is 0.415 e. The highest BCUT2D eigenvalue weighted by molar-refractivity contribution is 7.08. The largest absolute Gasteiger partial charge is 0.462 e. The zero-order valence-corrected chi connectivity index (χ0v) is 13.6. The Balaban J connectivity index is 1.43. The molecule has 6 heteroatoms. The minimum atomic E-state index is -0.326. The van der Waals surface area contributed by atoms with E-state index in [0.29, 0.717) is 12.5 Å². The zero-order chi connectivity index (χ0) is 15.4. The number of furan rings is 1. The van der Waals surface area contributed by atoms with E-state index < -0.39 is 0 Å². The van der Waals surface area contributed by atoms with E-state index in [9.17, 15) is 4.79 Å². The lowest BCUT2D eigenvalue weighted by molar-refractivity contribution is -0.0881. The van der Waals surface area contributed by atoms with Gasteiger partial charge in [-0.05, 0) is 37.4 Å². The van der Waals surface area contributed by atoms with Crippen molar-refractivity contribution < 1.29 is 13.9 Å². The van der Waals surface area contributed by atoms with E-state index in [-0.39, 0.29) is 11.7 Å². The normalized spacial score (nSPS) is 32.7. The lowest BCUT2D eigenvalue weighted by Crippen LogP contribution is -2.61. The van der Waals surface area contributed by atoms with Gasteiger partial charge in [-0.1, -0.05) is 0 Å². The lowest BCUT2D eigenvalue weighted by Gasteiger charge is -2.49.